The smallest absolute Gasteiger partial charge is 0.257 e. The zero-order valence-electron chi connectivity index (χ0n) is 8.43. The molecular weight excluding hydrogens is 284 g/mol. The molecule has 1 amide bonds. The highest BCUT2D eigenvalue weighted by molar-refractivity contribution is 9.10. The molecule has 0 bridgehead atoms. The SMILES string of the molecule is CC(CO)NC(=O)c1c(F)ccc(Br)c1F. The minimum atomic E-state index is -0.956. The van der Waals surface area contributed by atoms with E-state index in [1.807, 2.05) is 0 Å². The molecule has 0 aromatic heterocycles. The second kappa shape index (κ2) is 5.36. The first-order valence-corrected chi connectivity index (χ1v) is 5.32. The fourth-order valence-electron chi connectivity index (χ4n) is 1.08. The van der Waals surface area contributed by atoms with E-state index in [9.17, 15) is 13.6 Å². The molecule has 1 unspecified atom stereocenters. The fourth-order valence-corrected chi connectivity index (χ4v) is 1.41. The molecule has 0 spiro atoms. The average Bonchev–Trinajstić information content (AvgIpc) is 2.24. The normalized spacial score (nSPS) is 12.3. The van der Waals surface area contributed by atoms with Crippen molar-refractivity contribution in [2.75, 3.05) is 6.61 Å². The van der Waals surface area contributed by atoms with E-state index >= 15 is 0 Å². The molecule has 0 heterocycles. The molecule has 16 heavy (non-hydrogen) atoms. The highest BCUT2D eigenvalue weighted by Crippen LogP contribution is 2.21. The fraction of sp³-hybridized carbons (Fsp3) is 0.300. The summed E-state index contributed by atoms with van der Waals surface area (Å²) in [6.45, 7) is 1.22. The van der Waals surface area contributed by atoms with Gasteiger partial charge in [-0.2, -0.15) is 0 Å². The van der Waals surface area contributed by atoms with Gasteiger partial charge in [-0.3, -0.25) is 4.79 Å². The third-order valence-corrected chi connectivity index (χ3v) is 2.53. The summed E-state index contributed by atoms with van der Waals surface area (Å²) >= 11 is 2.86. The predicted octanol–water partition coefficient (Wildman–Crippen LogP) is 1.84. The van der Waals surface area contributed by atoms with E-state index < -0.39 is 29.1 Å². The molecule has 1 rings (SSSR count). The van der Waals surface area contributed by atoms with Gasteiger partial charge in [0.05, 0.1) is 11.1 Å². The Hall–Kier alpha value is -1.01. The zero-order valence-corrected chi connectivity index (χ0v) is 10.0. The van der Waals surface area contributed by atoms with Gasteiger partial charge in [0.15, 0.2) is 5.82 Å². The lowest BCUT2D eigenvalue weighted by atomic mass is 10.1. The highest BCUT2D eigenvalue weighted by Gasteiger charge is 2.20. The van der Waals surface area contributed by atoms with Crippen molar-refractivity contribution in [2.45, 2.75) is 13.0 Å². The zero-order chi connectivity index (χ0) is 12.3. The van der Waals surface area contributed by atoms with Crippen LogP contribution in [0.1, 0.15) is 17.3 Å². The van der Waals surface area contributed by atoms with Crippen LogP contribution >= 0.6 is 15.9 Å². The monoisotopic (exact) mass is 293 g/mol. The lowest BCUT2D eigenvalue weighted by Gasteiger charge is -2.12. The van der Waals surface area contributed by atoms with E-state index in [0.29, 0.717) is 0 Å². The van der Waals surface area contributed by atoms with E-state index in [2.05, 4.69) is 21.2 Å². The van der Waals surface area contributed by atoms with Crippen LogP contribution in [-0.2, 0) is 0 Å². The van der Waals surface area contributed by atoms with Crippen LogP contribution < -0.4 is 5.32 Å². The molecule has 2 N–H and O–H groups in total. The molecule has 1 aromatic rings. The molecule has 0 saturated carbocycles. The summed E-state index contributed by atoms with van der Waals surface area (Å²) in [5.41, 5.74) is -0.658. The van der Waals surface area contributed by atoms with Gasteiger partial charge in [0.2, 0.25) is 0 Å². The molecule has 0 aliphatic carbocycles. The van der Waals surface area contributed by atoms with Gasteiger partial charge in [-0.15, -0.1) is 0 Å². The number of carbonyl (C=O) groups is 1. The van der Waals surface area contributed by atoms with Crippen LogP contribution in [0.25, 0.3) is 0 Å². The lowest BCUT2D eigenvalue weighted by molar-refractivity contribution is 0.0913. The first-order valence-electron chi connectivity index (χ1n) is 4.52. The molecule has 88 valence electrons. The van der Waals surface area contributed by atoms with Crippen molar-refractivity contribution in [1.82, 2.24) is 5.32 Å². The van der Waals surface area contributed by atoms with Crippen molar-refractivity contribution < 1.29 is 18.7 Å². The van der Waals surface area contributed by atoms with Crippen molar-refractivity contribution in [3.8, 4) is 0 Å². The number of halogens is 3. The molecule has 0 aliphatic rings. The Morgan fingerprint density at radius 1 is 1.56 bits per heavy atom. The first-order chi connectivity index (χ1) is 7.47. The van der Waals surface area contributed by atoms with E-state index in [1.165, 1.54) is 13.0 Å². The summed E-state index contributed by atoms with van der Waals surface area (Å²) < 4.78 is 26.7. The van der Waals surface area contributed by atoms with Crippen LogP contribution in [0.2, 0.25) is 0 Å². The minimum absolute atomic E-state index is 0.00991. The molecule has 0 aliphatic heterocycles. The van der Waals surface area contributed by atoms with Crippen LogP contribution in [0.3, 0.4) is 0 Å². The van der Waals surface area contributed by atoms with Gasteiger partial charge in [0.1, 0.15) is 11.4 Å². The number of amides is 1. The van der Waals surface area contributed by atoms with Gasteiger partial charge in [-0.1, -0.05) is 0 Å². The van der Waals surface area contributed by atoms with E-state index in [4.69, 9.17) is 5.11 Å². The number of aliphatic hydroxyl groups is 1. The molecule has 1 aromatic carbocycles. The number of benzene rings is 1. The Balaban J connectivity index is 3.03. The van der Waals surface area contributed by atoms with Crippen LogP contribution in [0, 0.1) is 11.6 Å². The second-order valence-corrected chi connectivity index (χ2v) is 4.13. The summed E-state index contributed by atoms with van der Waals surface area (Å²) in [4.78, 5) is 11.5. The number of aliphatic hydroxyl groups excluding tert-OH is 1. The number of hydrogen-bond donors (Lipinski definition) is 2. The summed E-state index contributed by atoms with van der Waals surface area (Å²) in [6.07, 6.45) is 0. The Kier molecular flexibility index (Phi) is 4.37. The first kappa shape index (κ1) is 13.1. The van der Waals surface area contributed by atoms with Gasteiger partial charge in [0, 0.05) is 6.04 Å². The van der Waals surface area contributed by atoms with Crippen LogP contribution in [-0.4, -0.2) is 23.7 Å². The van der Waals surface area contributed by atoms with Crippen LogP contribution in [0.4, 0.5) is 8.78 Å². The Morgan fingerprint density at radius 3 is 2.75 bits per heavy atom. The number of carbonyl (C=O) groups excluding carboxylic acids is 1. The summed E-state index contributed by atoms with van der Waals surface area (Å²) in [5, 5.41) is 11.0. The molecule has 0 saturated heterocycles. The lowest BCUT2D eigenvalue weighted by Crippen LogP contribution is -2.36. The second-order valence-electron chi connectivity index (χ2n) is 3.28. The molecule has 1 atom stereocenters. The summed E-state index contributed by atoms with van der Waals surface area (Å²) in [6, 6.07) is 1.60. The number of hydrogen-bond acceptors (Lipinski definition) is 2. The third kappa shape index (κ3) is 2.76. The van der Waals surface area contributed by atoms with Crippen LogP contribution in [0.5, 0.6) is 0 Å². The Labute approximate surface area is 99.6 Å². The Morgan fingerprint density at radius 2 is 2.19 bits per heavy atom. The quantitative estimate of drug-likeness (QED) is 0.836. The topological polar surface area (TPSA) is 49.3 Å². The average molecular weight is 294 g/mol. The van der Waals surface area contributed by atoms with Crippen molar-refractivity contribution in [3.05, 3.63) is 33.8 Å². The summed E-state index contributed by atoms with van der Waals surface area (Å²) in [5.74, 6) is -2.79. The number of nitrogens with one attached hydrogen (secondary N) is 1. The maximum Gasteiger partial charge on any atom is 0.257 e. The van der Waals surface area contributed by atoms with Crippen molar-refractivity contribution >= 4 is 21.8 Å². The standard InChI is InChI=1S/C10H10BrF2NO2/c1-5(4-15)14-10(16)8-7(12)3-2-6(11)9(8)13/h2-3,5,15H,4H2,1H3,(H,14,16). The van der Waals surface area contributed by atoms with Crippen molar-refractivity contribution in [1.29, 1.82) is 0 Å². The van der Waals surface area contributed by atoms with Crippen molar-refractivity contribution in [2.24, 2.45) is 0 Å². The van der Waals surface area contributed by atoms with E-state index in [1.54, 1.807) is 0 Å². The van der Waals surface area contributed by atoms with E-state index in [-0.39, 0.29) is 11.1 Å². The molecule has 3 nitrogen and oxygen atoms in total. The summed E-state index contributed by atoms with van der Waals surface area (Å²) in [7, 11) is 0. The van der Waals surface area contributed by atoms with Crippen LogP contribution in [0.15, 0.2) is 16.6 Å². The maximum absolute atomic E-state index is 13.5. The third-order valence-electron chi connectivity index (χ3n) is 1.92. The molecule has 6 heteroatoms. The van der Waals surface area contributed by atoms with Gasteiger partial charge in [0.25, 0.3) is 5.91 Å². The van der Waals surface area contributed by atoms with Crippen molar-refractivity contribution in [3.63, 3.8) is 0 Å². The maximum atomic E-state index is 13.5. The van der Waals surface area contributed by atoms with Gasteiger partial charge in [-0.05, 0) is 35.0 Å². The van der Waals surface area contributed by atoms with Gasteiger partial charge < -0.3 is 10.4 Å². The molecular formula is C10H10BrF2NO2. The van der Waals surface area contributed by atoms with Gasteiger partial charge >= 0.3 is 0 Å². The molecule has 0 radical (unpaired) electrons. The largest absolute Gasteiger partial charge is 0.394 e. The number of rotatable bonds is 3. The molecule has 0 fully saturated rings. The highest BCUT2D eigenvalue weighted by atomic mass is 79.9. The van der Waals surface area contributed by atoms with E-state index in [0.717, 1.165) is 6.07 Å². The van der Waals surface area contributed by atoms with Gasteiger partial charge in [-0.25, -0.2) is 8.78 Å². The predicted molar refractivity (Wildman–Crippen MR) is 58.1 cm³/mol. The minimum Gasteiger partial charge on any atom is -0.394 e. The Bertz CT molecular complexity index is 412.